The van der Waals surface area contributed by atoms with Gasteiger partial charge in [-0.25, -0.2) is 4.79 Å². The van der Waals surface area contributed by atoms with Gasteiger partial charge in [-0.1, -0.05) is 44.2 Å². The van der Waals surface area contributed by atoms with Crippen molar-refractivity contribution < 1.29 is 14.4 Å². The first kappa shape index (κ1) is 21.7. The van der Waals surface area contributed by atoms with Crippen molar-refractivity contribution in [3.8, 4) is 0 Å². The van der Waals surface area contributed by atoms with E-state index in [2.05, 4.69) is 16.0 Å². The van der Waals surface area contributed by atoms with Crippen LogP contribution in [0, 0.1) is 5.92 Å². The smallest absolute Gasteiger partial charge is 0.315 e. The normalized spacial score (nSPS) is 18.3. The zero-order chi connectivity index (χ0) is 20.4. The molecule has 0 saturated carbocycles. The second kappa shape index (κ2) is 11.3. The summed E-state index contributed by atoms with van der Waals surface area (Å²) in [6.07, 6.45) is 2.92. The molecule has 28 heavy (non-hydrogen) atoms. The molecule has 0 bridgehead atoms. The van der Waals surface area contributed by atoms with Crippen LogP contribution in [0.3, 0.4) is 0 Å². The van der Waals surface area contributed by atoms with Gasteiger partial charge in [-0.05, 0) is 30.7 Å². The van der Waals surface area contributed by atoms with Crippen LogP contribution in [0.2, 0.25) is 0 Å². The average Bonchev–Trinajstić information content (AvgIpc) is 2.69. The molecule has 1 aromatic rings. The van der Waals surface area contributed by atoms with E-state index < -0.39 is 0 Å². The molecule has 2 rings (SSSR count). The Labute approximate surface area is 167 Å². The van der Waals surface area contributed by atoms with E-state index in [0.29, 0.717) is 25.6 Å². The lowest BCUT2D eigenvalue weighted by Gasteiger charge is -2.33. The molecule has 7 nitrogen and oxygen atoms in total. The molecule has 3 N–H and O–H groups in total. The number of urea groups is 1. The molecule has 1 atom stereocenters. The number of rotatable bonds is 5. The predicted octanol–water partition coefficient (Wildman–Crippen LogP) is 2.20. The van der Waals surface area contributed by atoms with E-state index in [4.69, 9.17) is 0 Å². The molecular weight excluding hydrogens is 356 g/mol. The van der Waals surface area contributed by atoms with Crippen LogP contribution in [0.1, 0.15) is 51.1 Å². The van der Waals surface area contributed by atoms with Crippen molar-refractivity contribution in [1.82, 2.24) is 20.9 Å². The number of hydrogen-bond acceptors (Lipinski definition) is 3. The number of nitrogens with zero attached hydrogens (tertiary/aromatic N) is 1. The van der Waals surface area contributed by atoms with Gasteiger partial charge in [0.15, 0.2) is 0 Å². The van der Waals surface area contributed by atoms with Crippen molar-refractivity contribution in [2.45, 2.75) is 45.6 Å². The summed E-state index contributed by atoms with van der Waals surface area (Å²) in [6.45, 7) is 5.72. The maximum Gasteiger partial charge on any atom is 0.315 e. The summed E-state index contributed by atoms with van der Waals surface area (Å²) in [6, 6.07) is 8.92. The summed E-state index contributed by atoms with van der Waals surface area (Å²) in [4.78, 5) is 38.9. The second-order valence-corrected chi connectivity index (χ2v) is 7.59. The molecule has 0 aromatic heterocycles. The number of benzene rings is 1. The third kappa shape index (κ3) is 7.21. The van der Waals surface area contributed by atoms with E-state index in [1.807, 2.05) is 44.2 Å². The number of hydrogen-bond donors (Lipinski definition) is 3. The first-order valence-corrected chi connectivity index (χ1v) is 10.1. The van der Waals surface area contributed by atoms with Crippen molar-refractivity contribution in [2.24, 2.45) is 5.92 Å². The Morgan fingerprint density at radius 1 is 1.14 bits per heavy atom. The maximum absolute atomic E-state index is 12.9. The Bertz CT molecular complexity index is 648. The minimum atomic E-state index is -0.350. The highest BCUT2D eigenvalue weighted by atomic mass is 16.2. The van der Waals surface area contributed by atoms with Crippen molar-refractivity contribution >= 4 is 17.8 Å². The molecule has 154 valence electrons. The molecule has 1 aliphatic rings. The van der Waals surface area contributed by atoms with Gasteiger partial charge >= 0.3 is 6.03 Å². The fourth-order valence-corrected chi connectivity index (χ4v) is 3.21. The third-order valence-electron chi connectivity index (χ3n) is 4.73. The van der Waals surface area contributed by atoms with Gasteiger partial charge in [-0.3, -0.25) is 9.59 Å². The number of carbonyl (C=O) groups excluding carboxylic acids is 3. The largest absolute Gasteiger partial charge is 0.356 e. The molecule has 0 aliphatic carbocycles. The molecule has 1 fully saturated rings. The van der Waals surface area contributed by atoms with Crippen LogP contribution in [0.4, 0.5) is 4.79 Å². The first-order valence-electron chi connectivity index (χ1n) is 10.1. The van der Waals surface area contributed by atoms with E-state index in [1.54, 1.807) is 4.90 Å². The van der Waals surface area contributed by atoms with Gasteiger partial charge in [0, 0.05) is 19.6 Å². The first-order chi connectivity index (χ1) is 13.5. The summed E-state index contributed by atoms with van der Waals surface area (Å²) >= 11 is 0. The minimum Gasteiger partial charge on any atom is -0.356 e. The zero-order valence-electron chi connectivity index (χ0n) is 16.9. The SMILES string of the molecule is CC(C)CNC(=O)NCC(=O)N1CCCCCNC(=O)CC1c1ccccc1. The quantitative estimate of drug-likeness (QED) is 0.722. The Kier molecular flexibility index (Phi) is 8.78. The van der Waals surface area contributed by atoms with Gasteiger partial charge in [0.05, 0.1) is 19.0 Å². The van der Waals surface area contributed by atoms with E-state index >= 15 is 0 Å². The summed E-state index contributed by atoms with van der Waals surface area (Å²) in [5.74, 6) is 0.0996. The Morgan fingerprint density at radius 3 is 2.61 bits per heavy atom. The van der Waals surface area contributed by atoms with Gasteiger partial charge in [0.1, 0.15) is 0 Å². The van der Waals surface area contributed by atoms with Crippen LogP contribution >= 0.6 is 0 Å². The average molecular weight is 389 g/mol. The van der Waals surface area contributed by atoms with Crippen molar-refractivity contribution in [1.29, 1.82) is 0 Å². The highest BCUT2D eigenvalue weighted by Crippen LogP contribution is 2.25. The number of carbonyl (C=O) groups is 3. The van der Waals surface area contributed by atoms with Gasteiger partial charge < -0.3 is 20.9 Å². The molecule has 1 saturated heterocycles. The summed E-state index contributed by atoms with van der Waals surface area (Å²) in [5.41, 5.74) is 0.927. The molecule has 4 amide bonds. The molecule has 1 unspecified atom stereocenters. The molecule has 0 spiro atoms. The van der Waals surface area contributed by atoms with Crippen molar-refractivity contribution in [2.75, 3.05) is 26.2 Å². The highest BCUT2D eigenvalue weighted by molar-refractivity contribution is 5.85. The van der Waals surface area contributed by atoms with Gasteiger partial charge in [0.25, 0.3) is 0 Å². The molecule has 1 aliphatic heterocycles. The standard InChI is InChI=1S/C21H32N4O3/c1-16(2)14-23-21(28)24-15-20(27)25-12-8-4-7-11-22-19(26)13-18(25)17-9-5-3-6-10-17/h3,5-6,9-10,16,18H,4,7-8,11-15H2,1-2H3,(H,22,26)(H2,23,24,28). The van der Waals surface area contributed by atoms with Crippen LogP contribution in [0.5, 0.6) is 0 Å². The molecule has 1 aromatic carbocycles. The molecule has 7 heteroatoms. The lowest BCUT2D eigenvalue weighted by molar-refractivity contribution is -0.134. The molecule has 1 heterocycles. The van der Waals surface area contributed by atoms with Gasteiger partial charge in [-0.15, -0.1) is 0 Å². The minimum absolute atomic E-state index is 0.0591. The van der Waals surface area contributed by atoms with Crippen LogP contribution < -0.4 is 16.0 Å². The van der Waals surface area contributed by atoms with Crippen LogP contribution in [-0.4, -0.2) is 48.9 Å². The van der Waals surface area contributed by atoms with Crippen molar-refractivity contribution in [3.05, 3.63) is 35.9 Å². The lowest BCUT2D eigenvalue weighted by Crippen LogP contribution is -2.46. The Balaban J connectivity index is 2.10. The fraction of sp³-hybridized carbons (Fsp3) is 0.571. The van der Waals surface area contributed by atoms with Crippen LogP contribution in [0.25, 0.3) is 0 Å². The second-order valence-electron chi connectivity index (χ2n) is 7.59. The topological polar surface area (TPSA) is 90.5 Å². The molecular formula is C21H32N4O3. The van der Waals surface area contributed by atoms with Gasteiger partial charge in [-0.2, -0.15) is 0 Å². The van der Waals surface area contributed by atoms with Crippen LogP contribution in [0.15, 0.2) is 30.3 Å². The summed E-state index contributed by atoms with van der Waals surface area (Å²) in [7, 11) is 0. The van der Waals surface area contributed by atoms with E-state index in [9.17, 15) is 14.4 Å². The zero-order valence-corrected chi connectivity index (χ0v) is 16.9. The van der Waals surface area contributed by atoms with E-state index in [-0.39, 0.29) is 36.9 Å². The number of amides is 4. The summed E-state index contributed by atoms with van der Waals surface area (Å²) < 4.78 is 0. The predicted molar refractivity (Wildman–Crippen MR) is 109 cm³/mol. The van der Waals surface area contributed by atoms with Crippen molar-refractivity contribution in [3.63, 3.8) is 0 Å². The van der Waals surface area contributed by atoms with Crippen LogP contribution in [-0.2, 0) is 9.59 Å². The van der Waals surface area contributed by atoms with Gasteiger partial charge in [0.2, 0.25) is 11.8 Å². The highest BCUT2D eigenvalue weighted by Gasteiger charge is 2.27. The van der Waals surface area contributed by atoms with E-state index in [0.717, 1.165) is 24.8 Å². The van der Waals surface area contributed by atoms with E-state index in [1.165, 1.54) is 0 Å². The lowest BCUT2D eigenvalue weighted by atomic mass is 10.00. The Morgan fingerprint density at radius 2 is 1.89 bits per heavy atom. The Hall–Kier alpha value is -2.57. The molecule has 0 radical (unpaired) electrons. The summed E-state index contributed by atoms with van der Waals surface area (Å²) in [5, 5.41) is 8.32. The maximum atomic E-state index is 12.9. The number of nitrogens with one attached hydrogen (secondary N) is 3. The third-order valence-corrected chi connectivity index (χ3v) is 4.73. The monoisotopic (exact) mass is 388 g/mol. The fourth-order valence-electron chi connectivity index (χ4n) is 3.21.